The number of terminal acetylenes is 1. The minimum absolute atomic E-state index is 0.114. The Labute approximate surface area is 108 Å². The number of carboxylic acid groups (broad SMARTS) is 1. The van der Waals surface area contributed by atoms with Crippen LogP contribution in [0.2, 0.25) is 0 Å². The number of urea groups is 1. The summed E-state index contributed by atoms with van der Waals surface area (Å²) >= 11 is 0. The number of imide groups is 1. The first-order valence-corrected chi connectivity index (χ1v) is 5.51. The van der Waals surface area contributed by atoms with Crippen molar-refractivity contribution in [1.29, 1.82) is 0 Å². The fourth-order valence-electron chi connectivity index (χ4n) is 1.51. The summed E-state index contributed by atoms with van der Waals surface area (Å²) in [5.74, 6) is -0.161. The van der Waals surface area contributed by atoms with Gasteiger partial charge in [-0.15, -0.1) is 12.3 Å². The van der Waals surface area contributed by atoms with Gasteiger partial charge in [0.25, 0.3) is 0 Å². The number of rotatable bonds is 4. The van der Waals surface area contributed by atoms with E-state index in [1.165, 1.54) is 0 Å². The molecule has 8 nitrogen and oxygen atoms in total. The van der Waals surface area contributed by atoms with E-state index < -0.39 is 35.9 Å². The Bertz CT molecular complexity index is 454. The highest BCUT2D eigenvalue weighted by Gasteiger charge is 2.28. The molecule has 8 heteroatoms. The molecule has 4 amide bonds. The second-order valence-corrected chi connectivity index (χ2v) is 3.92. The van der Waals surface area contributed by atoms with E-state index in [0.717, 1.165) is 0 Å². The molecule has 0 spiro atoms. The smallest absolute Gasteiger partial charge is 0.327 e. The van der Waals surface area contributed by atoms with Crippen molar-refractivity contribution in [2.24, 2.45) is 0 Å². The van der Waals surface area contributed by atoms with Crippen molar-refractivity contribution >= 4 is 23.8 Å². The zero-order valence-corrected chi connectivity index (χ0v) is 9.93. The van der Waals surface area contributed by atoms with Gasteiger partial charge in [0.1, 0.15) is 12.1 Å². The fourth-order valence-corrected chi connectivity index (χ4v) is 1.51. The van der Waals surface area contributed by atoms with Crippen molar-refractivity contribution in [3.8, 4) is 12.3 Å². The van der Waals surface area contributed by atoms with Crippen LogP contribution in [-0.4, -0.2) is 41.0 Å². The van der Waals surface area contributed by atoms with E-state index in [0.29, 0.717) is 0 Å². The highest BCUT2D eigenvalue weighted by Crippen LogP contribution is 2.04. The third-order valence-corrected chi connectivity index (χ3v) is 2.47. The number of carboxylic acids is 1. The Kier molecular flexibility index (Phi) is 4.88. The van der Waals surface area contributed by atoms with Crippen LogP contribution in [0.5, 0.6) is 0 Å². The molecule has 0 aromatic rings. The summed E-state index contributed by atoms with van der Waals surface area (Å²) in [5.41, 5.74) is 0. The molecule has 1 saturated heterocycles. The quantitative estimate of drug-likeness (QED) is 0.367. The monoisotopic (exact) mass is 267 g/mol. The van der Waals surface area contributed by atoms with Gasteiger partial charge in [0.15, 0.2) is 0 Å². The average Bonchev–Trinajstić information content (AvgIpc) is 2.32. The topological polar surface area (TPSA) is 125 Å². The first kappa shape index (κ1) is 14.5. The molecule has 0 saturated carbocycles. The Morgan fingerprint density at radius 1 is 1.53 bits per heavy atom. The number of hydrogen-bond acceptors (Lipinski definition) is 4. The molecule has 1 rings (SSSR count). The second-order valence-electron chi connectivity index (χ2n) is 3.92. The van der Waals surface area contributed by atoms with Crippen molar-refractivity contribution in [3.63, 3.8) is 0 Å². The lowest BCUT2D eigenvalue weighted by molar-refractivity contribution is -0.139. The highest BCUT2D eigenvalue weighted by molar-refractivity contribution is 6.01. The van der Waals surface area contributed by atoms with Gasteiger partial charge < -0.3 is 15.7 Å². The van der Waals surface area contributed by atoms with Crippen LogP contribution in [0, 0.1) is 12.3 Å². The summed E-state index contributed by atoms with van der Waals surface area (Å²) in [4.78, 5) is 44.5. The third-order valence-electron chi connectivity index (χ3n) is 2.47. The lowest BCUT2D eigenvalue weighted by Gasteiger charge is -2.22. The van der Waals surface area contributed by atoms with Gasteiger partial charge in [-0.1, -0.05) is 0 Å². The Hall–Kier alpha value is -2.56. The van der Waals surface area contributed by atoms with Crippen molar-refractivity contribution < 1.29 is 24.3 Å². The molecule has 1 fully saturated rings. The number of hydrogen-bond donors (Lipinski definition) is 4. The molecule has 0 aliphatic carbocycles. The van der Waals surface area contributed by atoms with Crippen molar-refractivity contribution in [2.45, 2.75) is 31.3 Å². The van der Waals surface area contributed by atoms with Gasteiger partial charge in [0.05, 0.1) is 0 Å². The lowest BCUT2D eigenvalue weighted by Crippen LogP contribution is -2.56. The maximum Gasteiger partial charge on any atom is 0.327 e. The van der Waals surface area contributed by atoms with E-state index in [1.54, 1.807) is 0 Å². The van der Waals surface area contributed by atoms with E-state index in [9.17, 15) is 19.2 Å². The second kappa shape index (κ2) is 6.39. The lowest BCUT2D eigenvalue weighted by atomic mass is 10.1. The van der Waals surface area contributed by atoms with Gasteiger partial charge in [0.2, 0.25) is 11.8 Å². The first-order valence-electron chi connectivity index (χ1n) is 5.51. The van der Waals surface area contributed by atoms with Crippen LogP contribution in [-0.2, 0) is 14.4 Å². The van der Waals surface area contributed by atoms with Crippen LogP contribution in [0.1, 0.15) is 19.3 Å². The number of carbonyl (C=O) groups excluding carboxylic acids is 3. The van der Waals surface area contributed by atoms with Gasteiger partial charge in [-0.2, -0.15) is 0 Å². The molecular formula is C11H13N3O5. The van der Waals surface area contributed by atoms with Crippen molar-refractivity contribution in [3.05, 3.63) is 0 Å². The minimum atomic E-state index is -1.27. The van der Waals surface area contributed by atoms with Crippen LogP contribution in [0.25, 0.3) is 0 Å². The summed E-state index contributed by atoms with van der Waals surface area (Å²) in [7, 11) is 0. The van der Waals surface area contributed by atoms with Gasteiger partial charge in [-0.05, 0) is 6.42 Å². The molecule has 2 atom stereocenters. The summed E-state index contributed by atoms with van der Waals surface area (Å²) in [6, 6.07) is -2.91. The van der Waals surface area contributed by atoms with Crippen molar-refractivity contribution in [1.82, 2.24) is 16.0 Å². The van der Waals surface area contributed by atoms with Crippen LogP contribution in [0.4, 0.5) is 4.79 Å². The van der Waals surface area contributed by atoms with Crippen LogP contribution < -0.4 is 16.0 Å². The fraction of sp³-hybridized carbons (Fsp3) is 0.455. The highest BCUT2D eigenvalue weighted by atomic mass is 16.4. The van der Waals surface area contributed by atoms with Crippen molar-refractivity contribution in [2.75, 3.05) is 0 Å². The van der Waals surface area contributed by atoms with Gasteiger partial charge >= 0.3 is 12.0 Å². The van der Waals surface area contributed by atoms with E-state index in [1.807, 2.05) is 0 Å². The first-order chi connectivity index (χ1) is 8.93. The number of piperidine rings is 1. The molecule has 0 bridgehead atoms. The molecule has 1 aliphatic heterocycles. The molecule has 0 aromatic carbocycles. The van der Waals surface area contributed by atoms with Gasteiger partial charge in [0, 0.05) is 12.8 Å². The average molecular weight is 267 g/mol. The van der Waals surface area contributed by atoms with E-state index >= 15 is 0 Å². The maximum absolute atomic E-state index is 11.5. The Morgan fingerprint density at radius 3 is 2.74 bits per heavy atom. The van der Waals surface area contributed by atoms with Crippen LogP contribution in [0.3, 0.4) is 0 Å². The molecular weight excluding hydrogens is 254 g/mol. The molecule has 1 heterocycles. The zero-order chi connectivity index (χ0) is 14.4. The standard InChI is InChI=1S/C11H13N3O5/c1-2-3-7(10(17)18)13-11(19)12-6-4-5-8(15)14-9(6)16/h1,6-7H,3-5H2,(H,17,18)(H2,12,13,19)(H,14,15,16). The maximum atomic E-state index is 11.5. The number of carbonyl (C=O) groups is 4. The predicted octanol–water partition coefficient (Wildman–Crippen LogP) is -1.43. The summed E-state index contributed by atoms with van der Waals surface area (Å²) in [5, 5.41) is 15.3. The van der Waals surface area contributed by atoms with E-state index in [-0.39, 0.29) is 19.3 Å². The molecule has 4 N–H and O–H groups in total. The normalized spacial score (nSPS) is 19.8. The predicted molar refractivity (Wildman–Crippen MR) is 62.7 cm³/mol. The van der Waals surface area contributed by atoms with Crippen LogP contribution >= 0.6 is 0 Å². The summed E-state index contributed by atoms with van der Waals surface area (Å²) in [6.07, 6.45) is 5.10. The summed E-state index contributed by atoms with van der Waals surface area (Å²) in [6.45, 7) is 0. The van der Waals surface area contributed by atoms with Gasteiger partial charge in [-0.3, -0.25) is 14.9 Å². The SMILES string of the molecule is C#CCC(NC(=O)NC1CCC(=O)NC1=O)C(=O)O. The largest absolute Gasteiger partial charge is 0.480 e. The number of aliphatic carboxylic acids is 1. The number of nitrogens with one attached hydrogen (secondary N) is 3. The molecule has 0 radical (unpaired) electrons. The number of amides is 4. The molecule has 19 heavy (non-hydrogen) atoms. The van der Waals surface area contributed by atoms with E-state index in [2.05, 4.69) is 21.9 Å². The van der Waals surface area contributed by atoms with Gasteiger partial charge in [-0.25, -0.2) is 9.59 Å². The van der Waals surface area contributed by atoms with Crippen LogP contribution in [0.15, 0.2) is 0 Å². The zero-order valence-electron chi connectivity index (χ0n) is 9.93. The Balaban J connectivity index is 2.51. The molecule has 0 aromatic heterocycles. The Morgan fingerprint density at radius 2 is 2.21 bits per heavy atom. The van der Waals surface area contributed by atoms with E-state index in [4.69, 9.17) is 11.5 Å². The molecule has 102 valence electrons. The molecule has 1 aliphatic rings. The molecule has 2 unspecified atom stereocenters. The summed E-state index contributed by atoms with van der Waals surface area (Å²) < 4.78 is 0. The minimum Gasteiger partial charge on any atom is -0.480 e. The third kappa shape index (κ3) is 4.31.